The molecule has 0 amide bonds. The summed E-state index contributed by atoms with van der Waals surface area (Å²) >= 11 is 0. The van der Waals surface area contributed by atoms with Gasteiger partial charge in [0.25, 0.3) is 0 Å². The van der Waals surface area contributed by atoms with Crippen molar-refractivity contribution in [3.63, 3.8) is 0 Å². The second-order valence-electron chi connectivity index (χ2n) is 4.95. The molecule has 0 spiro atoms. The molecule has 2 N–H and O–H groups in total. The summed E-state index contributed by atoms with van der Waals surface area (Å²) in [5.74, 6) is 0. The van der Waals surface area contributed by atoms with Gasteiger partial charge in [0.1, 0.15) is 5.72 Å². The molecule has 0 saturated carbocycles. The van der Waals surface area contributed by atoms with Crippen molar-refractivity contribution in [2.24, 2.45) is 0 Å². The number of hydrogen-bond donors (Lipinski definition) is 2. The minimum Gasteiger partial charge on any atom is -0.334 e. The van der Waals surface area contributed by atoms with Gasteiger partial charge in [0.2, 0.25) is 0 Å². The molecule has 1 aromatic carbocycles. The molecule has 1 aromatic rings. The van der Waals surface area contributed by atoms with Gasteiger partial charge in [-0.3, -0.25) is 0 Å². The van der Waals surface area contributed by atoms with E-state index in [9.17, 15) is 0 Å². The van der Waals surface area contributed by atoms with Crippen LogP contribution in [0.5, 0.6) is 0 Å². The Morgan fingerprint density at radius 3 is 2.12 bits per heavy atom. The highest BCUT2D eigenvalue weighted by Crippen LogP contribution is 2.30. The molecule has 0 radical (unpaired) electrons. The van der Waals surface area contributed by atoms with E-state index in [1.807, 2.05) is 20.8 Å². The summed E-state index contributed by atoms with van der Waals surface area (Å²) < 4.78 is 5.97. The van der Waals surface area contributed by atoms with E-state index in [1.165, 1.54) is 5.56 Å². The Hall–Kier alpha value is -0.900. The van der Waals surface area contributed by atoms with E-state index >= 15 is 0 Å². The monoisotopic (exact) mass is 220 g/mol. The molecule has 3 heteroatoms. The molecular weight excluding hydrogens is 200 g/mol. The van der Waals surface area contributed by atoms with Gasteiger partial charge >= 0.3 is 0 Å². The van der Waals surface area contributed by atoms with Gasteiger partial charge in [-0.25, -0.2) is 10.9 Å². The summed E-state index contributed by atoms with van der Waals surface area (Å²) in [5.41, 5.74) is 8.05. The lowest BCUT2D eigenvalue weighted by atomic mass is 10.0. The van der Waals surface area contributed by atoms with E-state index in [1.54, 1.807) is 0 Å². The van der Waals surface area contributed by atoms with E-state index in [-0.39, 0.29) is 5.72 Å². The van der Waals surface area contributed by atoms with Crippen LogP contribution in [-0.4, -0.2) is 5.72 Å². The van der Waals surface area contributed by atoms with Crippen LogP contribution in [0.3, 0.4) is 0 Å². The second kappa shape index (κ2) is 3.84. The van der Waals surface area contributed by atoms with E-state index in [0.29, 0.717) is 0 Å². The van der Waals surface area contributed by atoms with Gasteiger partial charge in [-0.15, -0.1) is 0 Å². The average Bonchev–Trinajstić information content (AvgIpc) is 2.54. The first-order chi connectivity index (χ1) is 7.45. The number of hydrazine groups is 1. The Balaban J connectivity index is 2.23. The van der Waals surface area contributed by atoms with Gasteiger partial charge in [0, 0.05) is 0 Å². The zero-order valence-electron chi connectivity index (χ0n) is 10.4. The number of nitrogens with one attached hydrogen (secondary N) is 2. The van der Waals surface area contributed by atoms with Gasteiger partial charge in [0.15, 0.2) is 5.72 Å². The third kappa shape index (κ3) is 2.12. The SMILES string of the molecule is CCc1ccc(C2(C)NNC(C)(C)O2)cc1. The van der Waals surface area contributed by atoms with Crippen LogP contribution in [0.2, 0.25) is 0 Å². The normalized spacial score (nSPS) is 28.2. The van der Waals surface area contributed by atoms with Crippen LogP contribution in [0.4, 0.5) is 0 Å². The Morgan fingerprint density at radius 2 is 1.69 bits per heavy atom. The average molecular weight is 220 g/mol. The van der Waals surface area contributed by atoms with E-state index in [4.69, 9.17) is 4.74 Å². The van der Waals surface area contributed by atoms with Crippen molar-refractivity contribution in [2.45, 2.75) is 45.6 Å². The topological polar surface area (TPSA) is 33.3 Å². The molecule has 0 aliphatic carbocycles. The molecule has 0 aromatic heterocycles. The van der Waals surface area contributed by atoms with Crippen molar-refractivity contribution in [1.82, 2.24) is 10.9 Å². The van der Waals surface area contributed by atoms with Gasteiger partial charge in [-0.05, 0) is 38.3 Å². The number of aryl methyl sites for hydroxylation is 1. The molecule has 0 bridgehead atoms. The summed E-state index contributed by atoms with van der Waals surface area (Å²) in [5, 5.41) is 0. The summed E-state index contributed by atoms with van der Waals surface area (Å²) in [6.45, 7) is 8.21. The smallest absolute Gasteiger partial charge is 0.157 e. The maximum atomic E-state index is 5.97. The van der Waals surface area contributed by atoms with Crippen molar-refractivity contribution >= 4 is 0 Å². The fraction of sp³-hybridized carbons (Fsp3) is 0.538. The lowest BCUT2D eigenvalue weighted by Crippen LogP contribution is -2.41. The third-order valence-electron chi connectivity index (χ3n) is 2.97. The predicted octanol–water partition coefficient (Wildman–Crippen LogP) is 2.28. The van der Waals surface area contributed by atoms with Gasteiger partial charge < -0.3 is 4.74 Å². The molecule has 1 heterocycles. The fourth-order valence-electron chi connectivity index (χ4n) is 2.02. The van der Waals surface area contributed by atoms with Crippen LogP contribution in [-0.2, 0) is 16.9 Å². The van der Waals surface area contributed by atoms with Crippen LogP contribution in [0.1, 0.15) is 38.8 Å². The summed E-state index contributed by atoms with van der Waals surface area (Å²) in [4.78, 5) is 0. The molecular formula is C13H20N2O. The maximum absolute atomic E-state index is 5.97. The second-order valence-corrected chi connectivity index (χ2v) is 4.95. The number of benzene rings is 1. The van der Waals surface area contributed by atoms with Crippen LogP contribution in [0.15, 0.2) is 24.3 Å². The standard InChI is InChI=1S/C13H20N2O/c1-5-10-6-8-11(9-7-10)13(4)15-14-12(2,3)16-13/h6-9,14-15H,5H2,1-4H3. The highest BCUT2D eigenvalue weighted by molar-refractivity contribution is 5.27. The predicted molar refractivity (Wildman–Crippen MR) is 64.6 cm³/mol. The molecule has 2 rings (SSSR count). The Labute approximate surface area is 97.2 Å². The van der Waals surface area contributed by atoms with Crippen LogP contribution < -0.4 is 10.9 Å². The van der Waals surface area contributed by atoms with Gasteiger partial charge in [-0.1, -0.05) is 31.2 Å². The number of hydrogen-bond acceptors (Lipinski definition) is 3. The molecule has 88 valence electrons. The minimum absolute atomic E-state index is 0.335. The van der Waals surface area contributed by atoms with Crippen molar-refractivity contribution in [1.29, 1.82) is 0 Å². The minimum atomic E-state index is -0.449. The van der Waals surface area contributed by atoms with E-state index < -0.39 is 5.72 Å². The third-order valence-corrected chi connectivity index (χ3v) is 2.97. The molecule has 1 fully saturated rings. The molecule has 1 aliphatic rings. The summed E-state index contributed by atoms with van der Waals surface area (Å²) in [6.07, 6.45) is 1.06. The molecule has 1 unspecified atom stereocenters. The number of ether oxygens (including phenoxy) is 1. The molecule has 16 heavy (non-hydrogen) atoms. The van der Waals surface area contributed by atoms with Crippen LogP contribution >= 0.6 is 0 Å². The Bertz CT molecular complexity index is 372. The lowest BCUT2D eigenvalue weighted by Gasteiger charge is -2.26. The van der Waals surface area contributed by atoms with E-state index in [0.717, 1.165) is 12.0 Å². The molecule has 3 nitrogen and oxygen atoms in total. The summed E-state index contributed by atoms with van der Waals surface area (Å²) in [6, 6.07) is 8.54. The zero-order chi connectivity index (χ0) is 11.8. The fourth-order valence-corrected chi connectivity index (χ4v) is 2.02. The Morgan fingerprint density at radius 1 is 1.06 bits per heavy atom. The first-order valence-electron chi connectivity index (χ1n) is 5.79. The van der Waals surface area contributed by atoms with Crippen molar-refractivity contribution < 1.29 is 4.74 Å². The molecule has 1 saturated heterocycles. The highest BCUT2D eigenvalue weighted by atomic mass is 16.6. The largest absolute Gasteiger partial charge is 0.334 e. The van der Waals surface area contributed by atoms with Crippen LogP contribution in [0, 0.1) is 0 Å². The van der Waals surface area contributed by atoms with Crippen molar-refractivity contribution in [2.75, 3.05) is 0 Å². The highest BCUT2D eigenvalue weighted by Gasteiger charge is 2.41. The number of rotatable bonds is 2. The van der Waals surface area contributed by atoms with Gasteiger partial charge in [0.05, 0.1) is 0 Å². The van der Waals surface area contributed by atoms with Crippen LogP contribution in [0.25, 0.3) is 0 Å². The van der Waals surface area contributed by atoms with E-state index in [2.05, 4.69) is 42.0 Å². The molecule has 1 atom stereocenters. The maximum Gasteiger partial charge on any atom is 0.157 e. The zero-order valence-corrected chi connectivity index (χ0v) is 10.4. The van der Waals surface area contributed by atoms with Gasteiger partial charge in [-0.2, -0.15) is 0 Å². The summed E-state index contributed by atoms with van der Waals surface area (Å²) in [7, 11) is 0. The molecule has 1 aliphatic heterocycles. The first kappa shape index (κ1) is 11.6. The van der Waals surface area contributed by atoms with Crippen molar-refractivity contribution in [3.8, 4) is 0 Å². The quantitative estimate of drug-likeness (QED) is 0.802. The Kier molecular flexibility index (Phi) is 2.78. The van der Waals surface area contributed by atoms with Crippen molar-refractivity contribution in [3.05, 3.63) is 35.4 Å². The first-order valence-corrected chi connectivity index (χ1v) is 5.79. The lowest BCUT2D eigenvalue weighted by molar-refractivity contribution is -0.0893.